The van der Waals surface area contributed by atoms with E-state index in [1.165, 1.54) is 0 Å². The highest BCUT2D eigenvalue weighted by molar-refractivity contribution is 5.93. The van der Waals surface area contributed by atoms with Crippen molar-refractivity contribution in [3.63, 3.8) is 0 Å². The van der Waals surface area contributed by atoms with Crippen LogP contribution in [-0.2, 0) is 11.2 Å². The van der Waals surface area contributed by atoms with Gasteiger partial charge in [-0.25, -0.2) is 4.98 Å². The van der Waals surface area contributed by atoms with E-state index >= 15 is 0 Å². The number of H-pyrrole nitrogens is 1. The number of ether oxygens (including phenoxy) is 2. The van der Waals surface area contributed by atoms with Crippen LogP contribution in [0.4, 0.5) is 5.69 Å². The van der Waals surface area contributed by atoms with Crippen LogP contribution in [0.25, 0.3) is 22.4 Å². The molecule has 2 N–H and O–H groups in total. The third-order valence-corrected chi connectivity index (χ3v) is 4.77. The van der Waals surface area contributed by atoms with Gasteiger partial charge in [0.1, 0.15) is 19.0 Å². The average Bonchev–Trinajstić information content (AvgIpc) is 3.16. The Balaban J connectivity index is 1.38. The topological polar surface area (TPSA) is 76.2 Å². The number of carbonyl (C=O) groups is 1. The smallest absolute Gasteiger partial charge is 0.228 e. The molecule has 29 heavy (non-hydrogen) atoms. The molecule has 0 fully saturated rings. The number of nitrogens with one attached hydrogen (secondary N) is 2. The van der Waals surface area contributed by atoms with Crippen LogP contribution in [0.5, 0.6) is 11.5 Å². The molecule has 3 aromatic carbocycles. The Morgan fingerprint density at radius 1 is 0.966 bits per heavy atom. The highest BCUT2D eigenvalue weighted by Gasteiger charge is 2.15. The number of imidazole rings is 1. The first-order valence-corrected chi connectivity index (χ1v) is 9.48. The average molecular weight is 385 g/mol. The van der Waals surface area contributed by atoms with E-state index in [4.69, 9.17) is 9.47 Å². The van der Waals surface area contributed by atoms with Crippen molar-refractivity contribution in [2.24, 2.45) is 0 Å². The van der Waals surface area contributed by atoms with E-state index < -0.39 is 0 Å². The molecule has 0 saturated carbocycles. The van der Waals surface area contributed by atoms with Gasteiger partial charge in [0, 0.05) is 23.4 Å². The lowest BCUT2D eigenvalue weighted by atomic mass is 10.1. The van der Waals surface area contributed by atoms with Gasteiger partial charge in [0.2, 0.25) is 5.91 Å². The molecule has 0 spiro atoms. The van der Waals surface area contributed by atoms with Gasteiger partial charge in [-0.05, 0) is 17.7 Å². The standard InChI is InChI=1S/C23H19N3O3/c27-22(11-15-5-2-1-3-6-15)24-17-8-4-7-16(12-17)23-25-18-13-20-21(14-19(18)26-23)29-10-9-28-20/h1-8,12-14H,9-11H2,(H,24,27)(H,25,26). The molecule has 6 heteroatoms. The summed E-state index contributed by atoms with van der Waals surface area (Å²) in [5.74, 6) is 2.10. The molecule has 1 aromatic heterocycles. The number of carbonyl (C=O) groups excluding carboxylic acids is 1. The summed E-state index contributed by atoms with van der Waals surface area (Å²) in [6, 6.07) is 21.1. The number of rotatable bonds is 4. The Morgan fingerprint density at radius 2 is 1.76 bits per heavy atom. The first-order chi connectivity index (χ1) is 14.2. The van der Waals surface area contributed by atoms with Gasteiger partial charge in [-0.3, -0.25) is 4.79 Å². The maximum absolute atomic E-state index is 12.4. The van der Waals surface area contributed by atoms with E-state index in [9.17, 15) is 4.79 Å². The zero-order chi connectivity index (χ0) is 19.6. The van der Waals surface area contributed by atoms with Crippen molar-refractivity contribution in [2.45, 2.75) is 6.42 Å². The largest absolute Gasteiger partial charge is 0.486 e. The summed E-state index contributed by atoms with van der Waals surface area (Å²) in [5, 5.41) is 2.96. The molecule has 1 aliphatic heterocycles. The fourth-order valence-corrected chi connectivity index (χ4v) is 3.41. The Hall–Kier alpha value is -3.80. The van der Waals surface area contributed by atoms with Gasteiger partial charge in [-0.15, -0.1) is 0 Å². The van der Waals surface area contributed by atoms with Crippen molar-refractivity contribution in [3.05, 3.63) is 72.3 Å². The number of aromatic nitrogens is 2. The molecular weight excluding hydrogens is 366 g/mol. The summed E-state index contributed by atoms with van der Waals surface area (Å²) in [6.45, 7) is 1.09. The van der Waals surface area contributed by atoms with E-state index in [0.29, 0.717) is 25.4 Å². The molecule has 0 atom stereocenters. The first-order valence-electron chi connectivity index (χ1n) is 9.48. The molecule has 0 radical (unpaired) electrons. The number of hydrogen-bond acceptors (Lipinski definition) is 4. The van der Waals surface area contributed by atoms with Crippen molar-refractivity contribution in [3.8, 4) is 22.9 Å². The number of nitrogens with zero attached hydrogens (tertiary/aromatic N) is 1. The third kappa shape index (κ3) is 3.65. The lowest BCUT2D eigenvalue weighted by Crippen LogP contribution is -2.15. The number of aromatic amines is 1. The molecule has 4 aromatic rings. The van der Waals surface area contributed by atoms with E-state index in [1.807, 2.05) is 66.7 Å². The molecule has 6 nitrogen and oxygen atoms in total. The highest BCUT2D eigenvalue weighted by atomic mass is 16.6. The van der Waals surface area contributed by atoms with E-state index in [2.05, 4.69) is 15.3 Å². The Labute approximate surface area is 167 Å². The summed E-state index contributed by atoms with van der Waals surface area (Å²) in [7, 11) is 0. The van der Waals surface area contributed by atoms with Crippen molar-refractivity contribution >= 4 is 22.6 Å². The molecule has 0 aliphatic carbocycles. The minimum Gasteiger partial charge on any atom is -0.486 e. The van der Waals surface area contributed by atoms with Crippen LogP contribution >= 0.6 is 0 Å². The molecule has 0 saturated heterocycles. The van der Waals surface area contributed by atoms with Gasteiger partial charge >= 0.3 is 0 Å². The zero-order valence-electron chi connectivity index (χ0n) is 15.6. The number of amides is 1. The Morgan fingerprint density at radius 3 is 2.59 bits per heavy atom. The number of benzene rings is 3. The summed E-state index contributed by atoms with van der Waals surface area (Å²) in [4.78, 5) is 20.4. The van der Waals surface area contributed by atoms with Gasteiger partial charge in [-0.1, -0.05) is 42.5 Å². The minimum absolute atomic E-state index is 0.0556. The Kier molecular flexibility index (Phi) is 4.37. The van der Waals surface area contributed by atoms with Crippen LogP contribution in [-0.4, -0.2) is 29.1 Å². The van der Waals surface area contributed by atoms with E-state index in [-0.39, 0.29) is 5.91 Å². The van der Waals surface area contributed by atoms with Gasteiger partial charge in [0.25, 0.3) is 0 Å². The van der Waals surface area contributed by atoms with Crippen molar-refractivity contribution in [2.75, 3.05) is 18.5 Å². The normalized spacial score (nSPS) is 12.7. The summed E-state index contributed by atoms with van der Waals surface area (Å²) < 4.78 is 11.3. The van der Waals surface area contributed by atoms with Crippen molar-refractivity contribution in [1.82, 2.24) is 9.97 Å². The number of fused-ring (bicyclic) bond motifs is 2. The second kappa shape index (κ2) is 7.31. The van der Waals surface area contributed by atoms with Crippen LogP contribution in [0.3, 0.4) is 0 Å². The SMILES string of the molecule is O=C(Cc1ccccc1)Nc1cccc(-c2nc3cc4c(cc3[nH]2)OCCO4)c1. The molecule has 1 aliphatic rings. The molecule has 5 rings (SSSR count). The monoisotopic (exact) mass is 385 g/mol. The van der Waals surface area contributed by atoms with Gasteiger partial charge < -0.3 is 19.8 Å². The number of anilines is 1. The summed E-state index contributed by atoms with van der Waals surface area (Å²) in [6.07, 6.45) is 0.335. The van der Waals surface area contributed by atoms with Crippen LogP contribution in [0.1, 0.15) is 5.56 Å². The lowest BCUT2D eigenvalue weighted by Gasteiger charge is -2.17. The maximum Gasteiger partial charge on any atom is 0.228 e. The fraction of sp³-hybridized carbons (Fsp3) is 0.130. The molecule has 1 amide bonds. The van der Waals surface area contributed by atoms with Crippen LogP contribution in [0, 0.1) is 0 Å². The van der Waals surface area contributed by atoms with Gasteiger partial charge in [-0.2, -0.15) is 0 Å². The van der Waals surface area contributed by atoms with Crippen LogP contribution in [0.2, 0.25) is 0 Å². The van der Waals surface area contributed by atoms with Crippen LogP contribution in [0.15, 0.2) is 66.7 Å². The number of hydrogen-bond donors (Lipinski definition) is 2. The van der Waals surface area contributed by atoms with Gasteiger partial charge in [0.05, 0.1) is 17.5 Å². The predicted molar refractivity (Wildman–Crippen MR) is 111 cm³/mol. The summed E-state index contributed by atoms with van der Waals surface area (Å²) >= 11 is 0. The fourth-order valence-electron chi connectivity index (χ4n) is 3.41. The zero-order valence-corrected chi connectivity index (χ0v) is 15.6. The first kappa shape index (κ1) is 17.3. The van der Waals surface area contributed by atoms with E-state index in [1.54, 1.807) is 0 Å². The predicted octanol–water partition coefficient (Wildman–Crippen LogP) is 4.18. The highest BCUT2D eigenvalue weighted by Crippen LogP contribution is 2.35. The van der Waals surface area contributed by atoms with E-state index in [0.717, 1.165) is 39.4 Å². The lowest BCUT2D eigenvalue weighted by molar-refractivity contribution is -0.115. The molecular formula is C23H19N3O3. The van der Waals surface area contributed by atoms with Crippen LogP contribution < -0.4 is 14.8 Å². The van der Waals surface area contributed by atoms with Crippen molar-refractivity contribution < 1.29 is 14.3 Å². The maximum atomic E-state index is 12.4. The second-order valence-electron chi connectivity index (χ2n) is 6.89. The third-order valence-electron chi connectivity index (χ3n) is 4.77. The van der Waals surface area contributed by atoms with Gasteiger partial charge in [0.15, 0.2) is 11.5 Å². The minimum atomic E-state index is -0.0556. The van der Waals surface area contributed by atoms with Crippen molar-refractivity contribution in [1.29, 1.82) is 0 Å². The quantitative estimate of drug-likeness (QED) is 0.552. The molecule has 0 unspecified atom stereocenters. The summed E-state index contributed by atoms with van der Waals surface area (Å²) in [5.41, 5.74) is 4.28. The Bertz CT molecular complexity index is 1140. The molecule has 144 valence electrons. The second-order valence-corrected chi connectivity index (χ2v) is 6.89. The molecule has 2 heterocycles. The molecule has 0 bridgehead atoms.